The summed E-state index contributed by atoms with van der Waals surface area (Å²) >= 11 is 0. The Morgan fingerprint density at radius 2 is 0.820 bits per heavy atom. The molecule has 0 spiro atoms. The van der Waals surface area contributed by atoms with E-state index < -0.39 is 0 Å². The molecule has 0 amide bonds. The van der Waals surface area contributed by atoms with Crippen molar-refractivity contribution >= 4 is 49.4 Å². The van der Waals surface area contributed by atoms with Gasteiger partial charge in [0, 0.05) is 17.1 Å². The highest BCUT2D eigenvalue weighted by Crippen LogP contribution is 2.42. The summed E-state index contributed by atoms with van der Waals surface area (Å²) in [4.78, 5) is 2.31. The summed E-state index contributed by atoms with van der Waals surface area (Å²) in [5.41, 5.74) is 10.1. The van der Waals surface area contributed by atoms with Crippen molar-refractivity contribution in [3.05, 3.63) is 200 Å². The zero-order valence-corrected chi connectivity index (χ0v) is 27.3. The van der Waals surface area contributed by atoms with Crippen molar-refractivity contribution in [3.8, 4) is 33.4 Å². The van der Waals surface area contributed by atoms with Crippen LogP contribution in [0.3, 0.4) is 0 Å². The molecular formula is C48H32FN. The van der Waals surface area contributed by atoms with Crippen molar-refractivity contribution in [1.29, 1.82) is 0 Å². The number of hydrogen-bond acceptors (Lipinski definition) is 1. The highest BCUT2D eigenvalue weighted by Gasteiger charge is 2.18. The lowest BCUT2D eigenvalue weighted by atomic mass is 9.93. The first kappa shape index (κ1) is 29.6. The van der Waals surface area contributed by atoms with E-state index in [0.29, 0.717) is 0 Å². The maximum Gasteiger partial charge on any atom is 0.123 e. The third-order valence-corrected chi connectivity index (χ3v) is 9.70. The third-order valence-electron chi connectivity index (χ3n) is 9.70. The zero-order chi connectivity index (χ0) is 33.4. The molecule has 9 aromatic rings. The van der Waals surface area contributed by atoms with Crippen LogP contribution in [0.15, 0.2) is 194 Å². The second-order valence-electron chi connectivity index (χ2n) is 12.7. The van der Waals surface area contributed by atoms with Crippen LogP contribution in [0.25, 0.3) is 65.7 Å². The predicted molar refractivity (Wildman–Crippen MR) is 210 cm³/mol. The average Bonchev–Trinajstić information content (AvgIpc) is 3.18. The molecule has 0 unspecified atom stereocenters. The van der Waals surface area contributed by atoms with Crippen LogP contribution < -0.4 is 4.90 Å². The number of benzene rings is 9. The zero-order valence-electron chi connectivity index (χ0n) is 27.3. The minimum absolute atomic E-state index is 0.236. The van der Waals surface area contributed by atoms with Crippen LogP contribution in [0.2, 0.25) is 0 Å². The van der Waals surface area contributed by atoms with Crippen LogP contribution in [0, 0.1) is 5.82 Å². The summed E-state index contributed by atoms with van der Waals surface area (Å²) in [6.45, 7) is 0. The molecule has 0 saturated heterocycles. The van der Waals surface area contributed by atoms with Gasteiger partial charge in [-0.05, 0) is 114 Å². The van der Waals surface area contributed by atoms with Gasteiger partial charge in [0.2, 0.25) is 0 Å². The van der Waals surface area contributed by atoms with Gasteiger partial charge in [-0.15, -0.1) is 0 Å². The Balaban J connectivity index is 1.25. The molecule has 0 aliphatic rings. The molecule has 0 fully saturated rings. The number of nitrogens with zero attached hydrogens (tertiary/aromatic N) is 1. The number of fused-ring (bicyclic) bond motifs is 4. The fourth-order valence-corrected chi connectivity index (χ4v) is 7.26. The van der Waals surface area contributed by atoms with E-state index >= 15 is 0 Å². The smallest absolute Gasteiger partial charge is 0.123 e. The van der Waals surface area contributed by atoms with Crippen LogP contribution in [0.5, 0.6) is 0 Å². The van der Waals surface area contributed by atoms with Gasteiger partial charge < -0.3 is 4.90 Å². The van der Waals surface area contributed by atoms with Gasteiger partial charge in [0.25, 0.3) is 0 Å². The van der Waals surface area contributed by atoms with Crippen molar-refractivity contribution in [3.63, 3.8) is 0 Å². The van der Waals surface area contributed by atoms with Crippen molar-refractivity contribution in [2.75, 3.05) is 4.90 Å². The highest BCUT2D eigenvalue weighted by atomic mass is 19.1. The number of anilines is 3. The molecule has 0 aromatic heterocycles. The molecule has 236 valence electrons. The first-order valence-electron chi connectivity index (χ1n) is 16.9. The first-order valence-corrected chi connectivity index (χ1v) is 16.9. The third kappa shape index (κ3) is 5.38. The Labute approximate surface area is 291 Å². The Morgan fingerprint density at radius 1 is 0.300 bits per heavy atom. The summed E-state index contributed by atoms with van der Waals surface area (Å²) < 4.78 is 14.6. The van der Waals surface area contributed by atoms with E-state index in [4.69, 9.17) is 0 Å². The Bertz CT molecular complexity index is 2640. The molecule has 1 nitrogen and oxygen atoms in total. The highest BCUT2D eigenvalue weighted by molar-refractivity contribution is 6.09. The van der Waals surface area contributed by atoms with Crippen LogP contribution in [0.4, 0.5) is 21.5 Å². The number of hydrogen-bond donors (Lipinski definition) is 0. The van der Waals surface area contributed by atoms with E-state index in [9.17, 15) is 4.39 Å². The first-order chi connectivity index (χ1) is 24.7. The van der Waals surface area contributed by atoms with Crippen LogP contribution >= 0.6 is 0 Å². The average molecular weight is 642 g/mol. The van der Waals surface area contributed by atoms with E-state index in [1.165, 1.54) is 33.5 Å². The van der Waals surface area contributed by atoms with E-state index in [-0.39, 0.29) is 5.82 Å². The number of rotatable bonds is 6. The van der Waals surface area contributed by atoms with Gasteiger partial charge in [0.15, 0.2) is 0 Å². The molecule has 0 atom stereocenters. The molecule has 0 N–H and O–H groups in total. The monoisotopic (exact) mass is 641 g/mol. The lowest BCUT2D eigenvalue weighted by molar-refractivity contribution is 0.630. The maximum atomic E-state index is 14.6. The standard InChI is InChI=1S/C48H32FN/c49-39-24-20-37-18-19-38-23-27-41(32-48(38)46(37)30-39)50(40-25-21-36(22-26-40)44-17-9-15-34-14-7-8-16-43(34)44)42-28-29-45(33-10-3-1-4-11-33)47(31-42)35-12-5-2-6-13-35/h1-32H. The van der Waals surface area contributed by atoms with Gasteiger partial charge in [0.05, 0.1) is 0 Å². The minimum Gasteiger partial charge on any atom is -0.310 e. The second-order valence-corrected chi connectivity index (χ2v) is 12.7. The lowest BCUT2D eigenvalue weighted by Crippen LogP contribution is -2.10. The van der Waals surface area contributed by atoms with Crippen molar-refractivity contribution < 1.29 is 4.39 Å². The van der Waals surface area contributed by atoms with Gasteiger partial charge in [-0.25, -0.2) is 4.39 Å². The van der Waals surface area contributed by atoms with Crippen molar-refractivity contribution in [1.82, 2.24) is 0 Å². The van der Waals surface area contributed by atoms with E-state index in [1.54, 1.807) is 6.07 Å². The van der Waals surface area contributed by atoms with Gasteiger partial charge in [-0.1, -0.05) is 146 Å². The van der Waals surface area contributed by atoms with Gasteiger partial charge >= 0.3 is 0 Å². The van der Waals surface area contributed by atoms with Gasteiger partial charge in [-0.2, -0.15) is 0 Å². The van der Waals surface area contributed by atoms with Gasteiger partial charge in [-0.3, -0.25) is 0 Å². The predicted octanol–water partition coefficient (Wildman–Crippen LogP) is 13.8. The topological polar surface area (TPSA) is 3.24 Å². The van der Waals surface area contributed by atoms with Crippen LogP contribution in [-0.2, 0) is 0 Å². The summed E-state index contributed by atoms with van der Waals surface area (Å²) in [5.74, 6) is -0.236. The molecular weight excluding hydrogens is 610 g/mol. The van der Waals surface area contributed by atoms with Gasteiger partial charge in [0.1, 0.15) is 5.82 Å². The Morgan fingerprint density at radius 3 is 1.58 bits per heavy atom. The van der Waals surface area contributed by atoms with E-state index in [1.807, 2.05) is 6.07 Å². The maximum absolute atomic E-state index is 14.6. The molecule has 9 rings (SSSR count). The van der Waals surface area contributed by atoms with E-state index in [2.05, 4.69) is 181 Å². The lowest BCUT2D eigenvalue weighted by Gasteiger charge is -2.27. The quantitative estimate of drug-likeness (QED) is 0.163. The molecule has 2 heteroatoms. The SMILES string of the molecule is Fc1ccc2ccc3ccc(N(c4ccc(-c5cccc6ccccc56)cc4)c4ccc(-c5ccccc5)c(-c5ccccc5)c4)cc3c2c1. The molecule has 9 aromatic carbocycles. The largest absolute Gasteiger partial charge is 0.310 e. The second kappa shape index (κ2) is 12.5. The number of halogens is 1. The Hall–Kier alpha value is -6.51. The summed E-state index contributed by atoms with van der Waals surface area (Å²) in [6.07, 6.45) is 0. The molecule has 0 bridgehead atoms. The summed E-state index contributed by atoms with van der Waals surface area (Å²) in [7, 11) is 0. The van der Waals surface area contributed by atoms with Crippen molar-refractivity contribution in [2.45, 2.75) is 0 Å². The molecule has 0 aliphatic heterocycles. The minimum atomic E-state index is -0.236. The van der Waals surface area contributed by atoms with Crippen molar-refractivity contribution in [2.24, 2.45) is 0 Å². The fraction of sp³-hybridized carbons (Fsp3) is 0. The van der Waals surface area contributed by atoms with Crippen LogP contribution in [-0.4, -0.2) is 0 Å². The van der Waals surface area contributed by atoms with Crippen LogP contribution in [0.1, 0.15) is 0 Å². The summed E-state index contributed by atoms with van der Waals surface area (Å²) in [6, 6.07) is 67.4. The van der Waals surface area contributed by atoms with E-state index in [0.717, 1.165) is 55.3 Å². The Kier molecular flexibility index (Phi) is 7.40. The molecule has 0 aliphatic carbocycles. The molecule has 0 saturated carbocycles. The fourth-order valence-electron chi connectivity index (χ4n) is 7.26. The molecule has 0 radical (unpaired) electrons. The molecule has 0 heterocycles. The molecule has 50 heavy (non-hydrogen) atoms. The normalized spacial score (nSPS) is 11.3. The summed E-state index contributed by atoms with van der Waals surface area (Å²) in [5, 5.41) is 6.46.